The molecule has 1 saturated heterocycles. The fourth-order valence-electron chi connectivity index (χ4n) is 3.73. The normalized spacial score (nSPS) is 14.5. The van der Waals surface area contributed by atoms with Gasteiger partial charge in [-0.05, 0) is 54.7 Å². The molecule has 28 heavy (non-hydrogen) atoms. The van der Waals surface area contributed by atoms with Crippen LogP contribution >= 0.6 is 0 Å². The lowest BCUT2D eigenvalue weighted by Gasteiger charge is -2.37. The number of anilines is 2. The molecule has 4 nitrogen and oxygen atoms in total. The SMILES string of the molecule is Cc1cccc(N2CCN(C(=O)CCNc3ccc(C(C)C)cc3)CC2)c1C. The molecule has 0 aromatic heterocycles. The molecule has 2 aromatic rings. The van der Waals surface area contributed by atoms with Crippen molar-refractivity contribution in [3.63, 3.8) is 0 Å². The van der Waals surface area contributed by atoms with E-state index in [-0.39, 0.29) is 5.91 Å². The van der Waals surface area contributed by atoms with Crippen LogP contribution in [-0.2, 0) is 4.79 Å². The van der Waals surface area contributed by atoms with Gasteiger partial charge in [-0.15, -0.1) is 0 Å². The average molecular weight is 380 g/mol. The van der Waals surface area contributed by atoms with Crippen molar-refractivity contribution >= 4 is 17.3 Å². The van der Waals surface area contributed by atoms with Gasteiger partial charge in [0.15, 0.2) is 0 Å². The molecule has 0 unspecified atom stereocenters. The van der Waals surface area contributed by atoms with E-state index in [0.717, 1.165) is 31.9 Å². The van der Waals surface area contributed by atoms with Gasteiger partial charge < -0.3 is 15.1 Å². The highest BCUT2D eigenvalue weighted by Crippen LogP contribution is 2.24. The van der Waals surface area contributed by atoms with E-state index < -0.39 is 0 Å². The zero-order chi connectivity index (χ0) is 20.1. The fourth-order valence-corrected chi connectivity index (χ4v) is 3.73. The number of amides is 1. The molecule has 1 fully saturated rings. The molecule has 1 amide bonds. The average Bonchev–Trinajstić information content (AvgIpc) is 2.70. The number of carbonyl (C=O) groups excluding carboxylic acids is 1. The molecule has 4 heteroatoms. The molecule has 2 aromatic carbocycles. The van der Waals surface area contributed by atoms with Crippen LogP contribution in [0.25, 0.3) is 0 Å². The van der Waals surface area contributed by atoms with Gasteiger partial charge in [0.25, 0.3) is 0 Å². The Labute approximate surface area is 169 Å². The van der Waals surface area contributed by atoms with E-state index in [9.17, 15) is 4.79 Å². The minimum absolute atomic E-state index is 0.243. The monoisotopic (exact) mass is 379 g/mol. The van der Waals surface area contributed by atoms with E-state index in [2.05, 4.69) is 80.4 Å². The summed E-state index contributed by atoms with van der Waals surface area (Å²) < 4.78 is 0. The maximum atomic E-state index is 12.6. The Hall–Kier alpha value is -2.49. The molecule has 1 heterocycles. The number of nitrogens with one attached hydrogen (secondary N) is 1. The lowest BCUT2D eigenvalue weighted by Crippen LogP contribution is -2.49. The number of carbonyl (C=O) groups is 1. The first-order valence-corrected chi connectivity index (χ1v) is 10.4. The van der Waals surface area contributed by atoms with Gasteiger partial charge >= 0.3 is 0 Å². The second-order valence-corrected chi connectivity index (χ2v) is 8.04. The Morgan fingerprint density at radius 1 is 1.00 bits per heavy atom. The first kappa shape index (κ1) is 20.2. The molecule has 1 N–H and O–H groups in total. The molecule has 0 aliphatic carbocycles. The van der Waals surface area contributed by atoms with E-state index in [1.54, 1.807) is 0 Å². The van der Waals surface area contributed by atoms with Gasteiger partial charge in [-0.2, -0.15) is 0 Å². The second kappa shape index (κ2) is 9.13. The van der Waals surface area contributed by atoms with Crippen LogP contribution in [0.15, 0.2) is 42.5 Å². The van der Waals surface area contributed by atoms with Gasteiger partial charge in [0.1, 0.15) is 0 Å². The second-order valence-electron chi connectivity index (χ2n) is 8.04. The molecule has 0 saturated carbocycles. The summed E-state index contributed by atoms with van der Waals surface area (Å²) >= 11 is 0. The third kappa shape index (κ3) is 4.86. The molecule has 0 radical (unpaired) electrons. The van der Waals surface area contributed by atoms with Crippen molar-refractivity contribution in [3.05, 3.63) is 59.2 Å². The summed E-state index contributed by atoms with van der Waals surface area (Å²) in [5.41, 5.74) is 6.39. The quantitative estimate of drug-likeness (QED) is 0.798. The minimum atomic E-state index is 0.243. The van der Waals surface area contributed by atoms with Crippen LogP contribution < -0.4 is 10.2 Å². The van der Waals surface area contributed by atoms with Crippen LogP contribution in [0, 0.1) is 13.8 Å². The van der Waals surface area contributed by atoms with Crippen molar-refractivity contribution in [2.75, 3.05) is 42.9 Å². The number of rotatable bonds is 6. The fraction of sp³-hybridized carbons (Fsp3) is 0.458. The van der Waals surface area contributed by atoms with Crippen molar-refractivity contribution in [1.82, 2.24) is 4.90 Å². The van der Waals surface area contributed by atoms with E-state index >= 15 is 0 Å². The summed E-state index contributed by atoms with van der Waals surface area (Å²) in [6.07, 6.45) is 0.537. The Morgan fingerprint density at radius 2 is 1.68 bits per heavy atom. The molecule has 0 bridgehead atoms. The number of hydrogen-bond donors (Lipinski definition) is 1. The third-order valence-electron chi connectivity index (χ3n) is 5.79. The summed E-state index contributed by atoms with van der Waals surface area (Å²) in [7, 11) is 0. The van der Waals surface area contributed by atoms with Crippen LogP contribution in [-0.4, -0.2) is 43.5 Å². The lowest BCUT2D eigenvalue weighted by molar-refractivity contribution is -0.131. The summed E-state index contributed by atoms with van der Waals surface area (Å²) in [5, 5.41) is 3.37. The third-order valence-corrected chi connectivity index (χ3v) is 5.79. The molecule has 1 aliphatic heterocycles. The zero-order valence-corrected chi connectivity index (χ0v) is 17.7. The Morgan fingerprint density at radius 3 is 2.32 bits per heavy atom. The number of benzene rings is 2. The van der Waals surface area contributed by atoms with Gasteiger partial charge in [0.05, 0.1) is 0 Å². The molecule has 3 rings (SSSR count). The molecular formula is C24H33N3O. The molecule has 1 aliphatic rings. The van der Waals surface area contributed by atoms with Gasteiger partial charge in [-0.1, -0.05) is 38.1 Å². The van der Waals surface area contributed by atoms with Crippen LogP contribution in [0.1, 0.15) is 42.9 Å². The number of hydrogen-bond acceptors (Lipinski definition) is 3. The van der Waals surface area contributed by atoms with Crippen LogP contribution in [0.3, 0.4) is 0 Å². The predicted octanol–water partition coefficient (Wildman–Crippen LogP) is 4.58. The molecule has 0 atom stereocenters. The van der Waals surface area contributed by atoms with Gasteiger partial charge in [-0.25, -0.2) is 0 Å². The standard InChI is InChI=1S/C24H33N3O/c1-18(2)21-8-10-22(11-9-21)25-13-12-24(28)27-16-14-26(15-17-27)23-7-5-6-19(3)20(23)4/h5-11,18,25H,12-17H2,1-4H3. The Bertz CT molecular complexity index is 790. The van der Waals surface area contributed by atoms with E-state index in [1.165, 1.54) is 22.4 Å². The summed E-state index contributed by atoms with van der Waals surface area (Å²) in [4.78, 5) is 17.0. The van der Waals surface area contributed by atoms with Crippen molar-refractivity contribution in [3.8, 4) is 0 Å². The summed E-state index contributed by atoms with van der Waals surface area (Å²) in [6, 6.07) is 15.0. The zero-order valence-electron chi connectivity index (χ0n) is 17.7. The van der Waals surface area contributed by atoms with Crippen molar-refractivity contribution < 1.29 is 4.79 Å². The maximum absolute atomic E-state index is 12.6. The van der Waals surface area contributed by atoms with Crippen LogP contribution in [0.5, 0.6) is 0 Å². The van der Waals surface area contributed by atoms with Gasteiger partial charge in [-0.3, -0.25) is 4.79 Å². The maximum Gasteiger partial charge on any atom is 0.224 e. The molecule has 0 spiro atoms. The highest BCUT2D eigenvalue weighted by atomic mass is 16.2. The van der Waals surface area contributed by atoms with Gasteiger partial charge in [0.2, 0.25) is 5.91 Å². The Kier molecular flexibility index (Phi) is 6.61. The van der Waals surface area contributed by atoms with Gasteiger partial charge in [0, 0.05) is 50.5 Å². The largest absolute Gasteiger partial charge is 0.385 e. The molecule has 150 valence electrons. The van der Waals surface area contributed by atoms with Crippen molar-refractivity contribution in [2.45, 2.75) is 40.0 Å². The summed E-state index contributed by atoms with van der Waals surface area (Å²) in [6.45, 7) is 12.8. The summed E-state index contributed by atoms with van der Waals surface area (Å²) in [5.74, 6) is 0.782. The Balaban J connectivity index is 1.44. The highest BCUT2D eigenvalue weighted by Gasteiger charge is 2.21. The minimum Gasteiger partial charge on any atom is -0.385 e. The predicted molar refractivity (Wildman–Crippen MR) is 118 cm³/mol. The van der Waals surface area contributed by atoms with E-state index in [4.69, 9.17) is 0 Å². The first-order chi connectivity index (χ1) is 13.5. The highest BCUT2D eigenvalue weighted by molar-refractivity contribution is 5.77. The van der Waals surface area contributed by atoms with Crippen molar-refractivity contribution in [1.29, 1.82) is 0 Å². The van der Waals surface area contributed by atoms with E-state index in [1.807, 2.05) is 4.90 Å². The molecular weight excluding hydrogens is 346 g/mol. The smallest absolute Gasteiger partial charge is 0.224 e. The number of aryl methyl sites for hydroxylation is 1. The topological polar surface area (TPSA) is 35.6 Å². The first-order valence-electron chi connectivity index (χ1n) is 10.4. The van der Waals surface area contributed by atoms with Crippen molar-refractivity contribution in [2.24, 2.45) is 0 Å². The van der Waals surface area contributed by atoms with E-state index in [0.29, 0.717) is 18.9 Å². The lowest BCUT2D eigenvalue weighted by atomic mass is 10.0. The van der Waals surface area contributed by atoms with Crippen LogP contribution in [0.2, 0.25) is 0 Å². The van der Waals surface area contributed by atoms with Crippen LogP contribution in [0.4, 0.5) is 11.4 Å². The number of piperazine rings is 1. The number of nitrogens with zero attached hydrogens (tertiary/aromatic N) is 2.